The third-order valence-corrected chi connectivity index (χ3v) is 3.36. The number of carbonyl (C=O) groups excluding carboxylic acids is 1. The minimum absolute atomic E-state index is 0.0472. The van der Waals surface area contributed by atoms with E-state index >= 15 is 0 Å². The number of aromatic hydroxyl groups is 1. The van der Waals surface area contributed by atoms with Crippen molar-refractivity contribution in [1.82, 2.24) is 10.6 Å². The molecule has 3 N–H and O–H groups in total. The van der Waals surface area contributed by atoms with E-state index in [0.717, 1.165) is 31.4 Å². The third-order valence-electron chi connectivity index (χ3n) is 3.36. The first kappa shape index (κ1) is 12.9. The van der Waals surface area contributed by atoms with Crippen LogP contribution >= 0.6 is 0 Å². The van der Waals surface area contributed by atoms with E-state index in [9.17, 15) is 9.90 Å². The molecule has 1 amide bonds. The Hall–Kier alpha value is -1.55. The average Bonchev–Trinajstić information content (AvgIpc) is 2.55. The van der Waals surface area contributed by atoms with Gasteiger partial charge in [0.2, 0.25) is 5.91 Å². The molecule has 1 aromatic carbocycles. The molecule has 0 radical (unpaired) electrons. The summed E-state index contributed by atoms with van der Waals surface area (Å²) in [4.78, 5) is 11.8. The highest BCUT2D eigenvalue weighted by Crippen LogP contribution is 2.19. The Balaban J connectivity index is 2.01. The molecule has 2 rings (SSSR count). The summed E-state index contributed by atoms with van der Waals surface area (Å²) in [6.07, 6.45) is 2.97. The number of nitrogens with one attached hydrogen (secondary N) is 2. The summed E-state index contributed by atoms with van der Waals surface area (Å²) in [7, 11) is 0. The van der Waals surface area contributed by atoms with E-state index in [-0.39, 0.29) is 23.7 Å². The molecule has 1 saturated heterocycles. The first-order valence-corrected chi connectivity index (χ1v) is 6.49. The van der Waals surface area contributed by atoms with Gasteiger partial charge in [0.1, 0.15) is 5.75 Å². The minimum Gasteiger partial charge on any atom is -0.508 e. The van der Waals surface area contributed by atoms with E-state index in [0.29, 0.717) is 0 Å². The van der Waals surface area contributed by atoms with Crippen LogP contribution in [0.15, 0.2) is 24.3 Å². The van der Waals surface area contributed by atoms with Crippen molar-refractivity contribution < 1.29 is 9.90 Å². The molecule has 1 heterocycles. The molecule has 2 unspecified atom stereocenters. The van der Waals surface area contributed by atoms with Crippen LogP contribution in [0.5, 0.6) is 5.75 Å². The number of benzene rings is 1. The van der Waals surface area contributed by atoms with Gasteiger partial charge in [0.15, 0.2) is 0 Å². The van der Waals surface area contributed by atoms with Gasteiger partial charge in [0.25, 0.3) is 0 Å². The van der Waals surface area contributed by atoms with Crippen LogP contribution in [0, 0.1) is 0 Å². The van der Waals surface area contributed by atoms with E-state index in [2.05, 4.69) is 10.6 Å². The Bertz CT molecular complexity index is 420. The number of hydrogen-bond donors (Lipinski definition) is 3. The number of phenolic OH excluding ortho intramolecular Hbond substituents is 1. The van der Waals surface area contributed by atoms with Gasteiger partial charge in [0, 0.05) is 12.6 Å². The van der Waals surface area contributed by atoms with Crippen LogP contribution in [0.4, 0.5) is 0 Å². The molecular formula is C14H20N2O2. The quantitative estimate of drug-likeness (QED) is 0.763. The van der Waals surface area contributed by atoms with Crippen molar-refractivity contribution in [2.75, 3.05) is 6.54 Å². The van der Waals surface area contributed by atoms with E-state index in [1.165, 1.54) is 0 Å². The lowest BCUT2D eigenvalue weighted by molar-refractivity contribution is -0.123. The lowest BCUT2D eigenvalue weighted by Gasteiger charge is -2.21. The highest BCUT2D eigenvalue weighted by atomic mass is 16.3. The topological polar surface area (TPSA) is 61.4 Å². The fraction of sp³-hybridized carbons (Fsp3) is 0.500. The highest BCUT2D eigenvalue weighted by Gasteiger charge is 2.22. The summed E-state index contributed by atoms with van der Waals surface area (Å²) in [5, 5.41) is 15.7. The molecule has 0 aliphatic carbocycles. The molecule has 0 saturated carbocycles. The zero-order valence-electron chi connectivity index (χ0n) is 10.6. The van der Waals surface area contributed by atoms with Crippen molar-refractivity contribution in [1.29, 1.82) is 0 Å². The van der Waals surface area contributed by atoms with Gasteiger partial charge in [-0.15, -0.1) is 0 Å². The SMILES string of the molecule is CC(NC1CCCCNC1=O)c1cccc(O)c1. The van der Waals surface area contributed by atoms with Crippen molar-refractivity contribution in [3.05, 3.63) is 29.8 Å². The molecule has 4 heteroatoms. The molecule has 1 aliphatic heterocycles. The van der Waals surface area contributed by atoms with Crippen LogP contribution in [-0.4, -0.2) is 23.6 Å². The average molecular weight is 248 g/mol. The van der Waals surface area contributed by atoms with E-state index in [4.69, 9.17) is 0 Å². The van der Waals surface area contributed by atoms with Crippen LogP contribution in [0.25, 0.3) is 0 Å². The Morgan fingerprint density at radius 2 is 2.28 bits per heavy atom. The van der Waals surface area contributed by atoms with Crippen molar-refractivity contribution in [3.8, 4) is 5.75 Å². The van der Waals surface area contributed by atoms with E-state index in [1.54, 1.807) is 12.1 Å². The van der Waals surface area contributed by atoms with Crippen LogP contribution < -0.4 is 10.6 Å². The molecule has 1 fully saturated rings. The summed E-state index contributed by atoms with van der Waals surface area (Å²) in [6.45, 7) is 2.78. The predicted molar refractivity (Wildman–Crippen MR) is 70.3 cm³/mol. The fourth-order valence-electron chi connectivity index (χ4n) is 2.29. The van der Waals surface area contributed by atoms with Gasteiger partial charge in [-0.25, -0.2) is 0 Å². The molecular weight excluding hydrogens is 228 g/mol. The minimum atomic E-state index is -0.134. The summed E-state index contributed by atoms with van der Waals surface area (Å²) < 4.78 is 0. The molecule has 0 aromatic heterocycles. The first-order valence-electron chi connectivity index (χ1n) is 6.49. The molecule has 18 heavy (non-hydrogen) atoms. The Morgan fingerprint density at radius 3 is 3.06 bits per heavy atom. The van der Waals surface area contributed by atoms with Gasteiger partial charge in [-0.05, 0) is 43.9 Å². The van der Waals surface area contributed by atoms with Crippen LogP contribution in [0.1, 0.15) is 37.8 Å². The van der Waals surface area contributed by atoms with E-state index < -0.39 is 0 Å². The summed E-state index contributed by atoms with van der Waals surface area (Å²) in [5.74, 6) is 0.339. The fourth-order valence-corrected chi connectivity index (χ4v) is 2.29. The second kappa shape index (κ2) is 5.87. The van der Waals surface area contributed by atoms with Gasteiger partial charge in [-0.2, -0.15) is 0 Å². The monoisotopic (exact) mass is 248 g/mol. The second-order valence-electron chi connectivity index (χ2n) is 4.82. The summed E-state index contributed by atoms with van der Waals surface area (Å²) in [6, 6.07) is 7.05. The molecule has 1 aliphatic rings. The summed E-state index contributed by atoms with van der Waals surface area (Å²) in [5.41, 5.74) is 0.993. The van der Waals surface area contributed by atoms with Gasteiger partial charge < -0.3 is 10.4 Å². The standard InChI is InChI=1S/C14H20N2O2/c1-10(11-5-4-6-12(17)9-11)16-13-7-2-3-8-15-14(13)18/h4-6,9-10,13,16-17H,2-3,7-8H2,1H3,(H,15,18). The summed E-state index contributed by atoms with van der Waals surface area (Å²) >= 11 is 0. The largest absolute Gasteiger partial charge is 0.508 e. The van der Waals surface area contributed by atoms with Gasteiger partial charge >= 0.3 is 0 Å². The molecule has 0 spiro atoms. The number of rotatable bonds is 3. The van der Waals surface area contributed by atoms with Crippen molar-refractivity contribution in [2.45, 2.75) is 38.3 Å². The zero-order valence-corrected chi connectivity index (χ0v) is 10.6. The first-order chi connectivity index (χ1) is 8.66. The smallest absolute Gasteiger partial charge is 0.237 e. The van der Waals surface area contributed by atoms with Crippen molar-refractivity contribution in [3.63, 3.8) is 0 Å². The van der Waals surface area contributed by atoms with Crippen LogP contribution in [-0.2, 0) is 4.79 Å². The van der Waals surface area contributed by atoms with Crippen molar-refractivity contribution in [2.24, 2.45) is 0 Å². The molecule has 4 nitrogen and oxygen atoms in total. The second-order valence-corrected chi connectivity index (χ2v) is 4.82. The van der Waals surface area contributed by atoms with Crippen LogP contribution in [0.3, 0.4) is 0 Å². The number of hydrogen-bond acceptors (Lipinski definition) is 3. The Kier molecular flexibility index (Phi) is 4.20. The normalized spacial score (nSPS) is 22.1. The molecule has 1 aromatic rings. The number of carbonyl (C=O) groups is 1. The maximum absolute atomic E-state index is 11.8. The molecule has 98 valence electrons. The van der Waals surface area contributed by atoms with Crippen LogP contribution in [0.2, 0.25) is 0 Å². The van der Waals surface area contributed by atoms with Crippen molar-refractivity contribution >= 4 is 5.91 Å². The Morgan fingerprint density at radius 1 is 1.44 bits per heavy atom. The maximum Gasteiger partial charge on any atom is 0.237 e. The molecule has 2 atom stereocenters. The number of amides is 1. The lowest BCUT2D eigenvalue weighted by Crippen LogP contribution is -2.43. The molecule has 0 bridgehead atoms. The highest BCUT2D eigenvalue weighted by molar-refractivity contribution is 5.81. The van der Waals surface area contributed by atoms with Gasteiger partial charge in [-0.1, -0.05) is 12.1 Å². The number of phenols is 1. The third kappa shape index (κ3) is 3.23. The van der Waals surface area contributed by atoms with E-state index in [1.807, 2.05) is 19.1 Å². The predicted octanol–water partition coefficient (Wildman–Crippen LogP) is 1.71. The zero-order chi connectivity index (χ0) is 13.0. The van der Waals surface area contributed by atoms with Gasteiger partial charge in [0.05, 0.1) is 6.04 Å². The maximum atomic E-state index is 11.8. The lowest BCUT2D eigenvalue weighted by atomic mass is 10.0. The van der Waals surface area contributed by atoms with Gasteiger partial charge in [-0.3, -0.25) is 10.1 Å². The Labute approximate surface area is 107 Å².